The van der Waals surface area contributed by atoms with E-state index in [9.17, 15) is 18.0 Å². The molecule has 15 heavy (non-hydrogen) atoms. The maximum Gasteiger partial charge on any atom is 0.403 e. The first kappa shape index (κ1) is 11.5. The lowest BCUT2D eigenvalue weighted by Crippen LogP contribution is -2.34. The van der Waals surface area contributed by atoms with Crippen molar-refractivity contribution >= 4 is 5.97 Å². The Morgan fingerprint density at radius 2 is 2.27 bits per heavy atom. The van der Waals surface area contributed by atoms with Gasteiger partial charge in [-0.2, -0.15) is 13.2 Å². The SMILES string of the molecule is Cc1nccn1CC(C(=O)O)C(F)(F)F. The molecule has 0 aliphatic rings. The van der Waals surface area contributed by atoms with Gasteiger partial charge in [0.2, 0.25) is 0 Å². The third-order valence-corrected chi connectivity index (χ3v) is 2.00. The van der Waals surface area contributed by atoms with Gasteiger partial charge in [0.05, 0.1) is 0 Å². The molecule has 4 nitrogen and oxygen atoms in total. The molecule has 1 aromatic heterocycles. The van der Waals surface area contributed by atoms with Crippen LogP contribution in [0.15, 0.2) is 12.4 Å². The summed E-state index contributed by atoms with van der Waals surface area (Å²) in [4.78, 5) is 14.1. The molecule has 1 unspecified atom stereocenters. The number of aliphatic carboxylic acids is 1. The second-order valence-electron chi connectivity index (χ2n) is 3.06. The number of carboxylic acids is 1. The molecule has 0 aromatic carbocycles. The van der Waals surface area contributed by atoms with Crippen LogP contribution in [0, 0.1) is 12.8 Å². The van der Waals surface area contributed by atoms with E-state index in [1.165, 1.54) is 19.3 Å². The van der Waals surface area contributed by atoms with Crippen molar-refractivity contribution < 1.29 is 23.1 Å². The lowest BCUT2D eigenvalue weighted by Gasteiger charge is -2.17. The Morgan fingerprint density at radius 1 is 1.67 bits per heavy atom. The topological polar surface area (TPSA) is 55.1 Å². The van der Waals surface area contributed by atoms with Crippen LogP contribution in [0.4, 0.5) is 13.2 Å². The molecule has 0 saturated heterocycles. The summed E-state index contributed by atoms with van der Waals surface area (Å²) in [5.74, 6) is -3.92. The zero-order valence-corrected chi connectivity index (χ0v) is 7.82. The summed E-state index contributed by atoms with van der Waals surface area (Å²) in [5.41, 5.74) is 0. The van der Waals surface area contributed by atoms with Gasteiger partial charge in [0, 0.05) is 18.9 Å². The molecule has 1 rings (SSSR count). The number of halogens is 3. The first-order valence-corrected chi connectivity index (χ1v) is 4.09. The molecule has 1 N–H and O–H groups in total. The number of imidazole rings is 1. The van der Waals surface area contributed by atoms with Gasteiger partial charge in [-0.05, 0) is 6.92 Å². The molecule has 1 atom stereocenters. The summed E-state index contributed by atoms with van der Waals surface area (Å²) in [6.07, 6.45) is -2.11. The zero-order valence-electron chi connectivity index (χ0n) is 7.82. The highest BCUT2D eigenvalue weighted by Crippen LogP contribution is 2.28. The number of aryl methyl sites for hydroxylation is 1. The van der Waals surface area contributed by atoms with Gasteiger partial charge in [-0.25, -0.2) is 4.98 Å². The van der Waals surface area contributed by atoms with Crippen LogP contribution in [0.1, 0.15) is 5.82 Å². The van der Waals surface area contributed by atoms with Crippen molar-refractivity contribution in [3.05, 3.63) is 18.2 Å². The summed E-state index contributed by atoms with van der Waals surface area (Å²) in [6.45, 7) is 0.861. The molecule has 0 fully saturated rings. The molecule has 0 saturated carbocycles. The number of hydrogen-bond donors (Lipinski definition) is 1. The Hall–Kier alpha value is -1.53. The lowest BCUT2D eigenvalue weighted by atomic mass is 10.1. The molecule has 84 valence electrons. The molecule has 0 amide bonds. The quantitative estimate of drug-likeness (QED) is 0.842. The van der Waals surface area contributed by atoms with Gasteiger partial charge in [-0.1, -0.05) is 0 Å². The van der Waals surface area contributed by atoms with E-state index in [1.807, 2.05) is 0 Å². The van der Waals surface area contributed by atoms with Crippen LogP contribution in [-0.2, 0) is 11.3 Å². The van der Waals surface area contributed by atoms with Gasteiger partial charge in [-0.15, -0.1) is 0 Å². The highest BCUT2D eigenvalue weighted by atomic mass is 19.4. The van der Waals surface area contributed by atoms with Crippen LogP contribution in [0.25, 0.3) is 0 Å². The summed E-state index contributed by atoms with van der Waals surface area (Å²) >= 11 is 0. The minimum atomic E-state index is -4.75. The van der Waals surface area contributed by atoms with Gasteiger partial charge in [0.1, 0.15) is 5.82 Å². The summed E-state index contributed by atoms with van der Waals surface area (Å²) in [7, 11) is 0. The van der Waals surface area contributed by atoms with Crippen molar-refractivity contribution in [1.29, 1.82) is 0 Å². The van der Waals surface area contributed by atoms with Crippen molar-refractivity contribution in [2.75, 3.05) is 0 Å². The number of nitrogens with zero attached hydrogens (tertiary/aromatic N) is 2. The van der Waals surface area contributed by atoms with Crippen molar-refractivity contribution in [1.82, 2.24) is 9.55 Å². The molecule has 7 heteroatoms. The Bertz CT molecular complexity index is 359. The fourth-order valence-electron chi connectivity index (χ4n) is 1.11. The van der Waals surface area contributed by atoms with Crippen molar-refractivity contribution in [2.45, 2.75) is 19.6 Å². The molecule has 0 radical (unpaired) electrons. The number of alkyl halides is 3. The summed E-state index contributed by atoms with van der Waals surface area (Å²) in [5, 5.41) is 8.44. The second-order valence-corrected chi connectivity index (χ2v) is 3.06. The standard InChI is InChI=1S/C8H9F3N2O2/c1-5-12-2-3-13(5)4-6(7(14)15)8(9,10)11/h2-3,6H,4H2,1H3,(H,14,15). The van der Waals surface area contributed by atoms with Crippen molar-refractivity contribution in [3.8, 4) is 0 Å². The second kappa shape index (κ2) is 3.92. The molecule has 0 spiro atoms. The molecule has 0 aliphatic heterocycles. The van der Waals surface area contributed by atoms with E-state index < -0.39 is 24.6 Å². The van der Waals surface area contributed by atoms with Gasteiger partial charge in [0.25, 0.3) is 0 Å². The lowest BCUT2D eigenvalue weighted by molar-refractivity contribution is -0.196. The number of hydrogen-bond acceptors (Lipinski definition) is 2. The van der Waals surface area contributed by atoms with E-state index in [1.54, 1.807) is 0 Å². The fraction of sp³-hybridized carbons (Fsp3) is 0.500. The zero-order chi connectivity index (χ0) is 11.6. The molecule has 0 bridgehead atoms. The number of carboxylic acid groups (broad SMARTS) is 1. The monoisotopic (exact) mass is 222 g/mol. The highest BCUT2D eigenvalue weighted by Gasteiger charge is 2.45. The summed E-state index contributed by atoms with van der Waals surface area (Å²) < 4.78 is 38.0. The van der Waals surface area contributed by atoms with Crippen LogP contribution < -0.4 is 0 Å². The maximum atomic E-state index is 12.3. The van der Waals surface area contributed by atoms with Crippen LogP contribution >= 0.6 is 0 Å². The first-order valence-electron chi connectivity index (χ1n) is 4.09. The average molecular weight is 222 g/mol. The third-order valence-electron chi connectivity index (χ3n) is 2.00. The molecule has 1 aromatic rings. The van der Waals surface area contributed by atoms with Crippen molar-refractivity contribution in [3.63, 3.8) is 0 Å². The van der Waals surface area contributed by atoms with Gasteiger partial charge >= 0.3 is 12.1 Å². The highest BCUT2D eigenvalue weighted by molar-refractivity contribution is 5.70. The summed E-state index contributed by atoms with van der Waals surface area (Å²) in [6, 6.07) is 0. The van der Waals surface area contributed by atoms with E-state index in [0.717, 1.165) is 4.57 Å². The van der Waals surface area contributed by atoms with Gasteiger partial charge in [-0.3, -0.25) is 4.79 Å². The van der Waals surface area contributed by atoms with E-state index in [-0.39, 0.29) is 0 Å². The van der Waals surface area contributed by atoms with E-state index in [2.05, 4.69) is 4.98 Å². The molecule has 0 aliphatic carbocycles. The number of aromatic nitrogens is 2. The van der Waals surface area contributed by atoms with Crippen molar-refractivity contribution in [2.24, 2.45) is 5.92 Å². The normalized spacial score (nSPS) is 13.9. The average Bonchev–Trinajstić information content (AvgIpc) is 2.44. The molecular weight excluding hydrogens is 213 g/mol. The minimum absolute atomic E-state index is 0.352. The van der Waals surface area contributed by atoms with Gasteiger partial charge < -0.3 is 9.67 Å². The Labute approximate surface area is 83.3 Å². The maximum absolute atomic E-state index is 12.3. The Kier molecular flexibility index (Phi) is 3.01. The third kappa shape index (κ3) is 2.71. The van der Waals surface area contributed by atoms with E-state index in [4.69, 9.17) is 5.11 Å². The smallest absolute Gasteiger partial charge is 0.403 e. The van der Waals surface area contributed by atoms with Crippen LogP contribution in [0.3, 0.4) is 0 Å². The first-order chi connectivity index (χ1) is 6.82. The van der Waals surface area contributed by atoms with E-state index >= 15 is 0 Å². The fourth-order valence-corrected chi connectivity index (χ4v) is 1.11. The predicted octanol–water partition coefficient (Wildman–Crippen LogP) is 1.45. The van der Waals surface area contributed by atoms with Crippen LogP contribution in [0.5, 0.6) is 0 Å². The molecule has 1 heterocycles. The number of carbonyl (C=O) groups is 1. The predicted molar refractivity (Wildman–Crippen MR) is 44.1 cm³/mol. The Balaban J connectivity index is 2.86. The Morgan fingerprint density at radius 3 is 2.60 bits per heavy atom. The largest absolute Gasteiger partial charge is 0.481 e. The van der Waals surface area contributed by atoms with Crippen LogP contribution in [-0.4, -0.2) is 26.8 Å². The minimum Gasteiger partial charge on any atom is -0.481 e. The molecular formula is C8H9F3N2O2. The van der Waals surface area contributed by atoms with E-state index in [0.29, 0.717) is 5.82 Å². The number of rotatable bonds is 3. The van der Waals surface area contributed by atoms with Crippen LogP contribution in [0.2, 0.25) is 0 Å². The van der Waals surface area contributed by atoms with Gasteiger partial charge in [0.15, 0.2) is 5.92 Å².